The molecule has 2 aromatic carbocycles. The van der Waals surface area contributed by atoms with Gasteiger partial charge in [-0.25, -0.2) is 0 Å². The van der Waals surface area contributed by atoms with E-state index < -0.39 is 0 Å². The van der Waals surface area contributed by atoms with Gasteiger partial charge in [0.15, 0.2) is 11.5 Å². The largest absolute Gasteiger partial charge is 0.493 e. The third-order valence-electron chi connectivity index (χ3n) is 3.31. The van der Waals surface area contributed by atoms with Crippen LogP contribution in [0.3, 0.4) is 0 Å². The van der Waals surface area contributed by atoms with Crippen LogP contribution < -0.4 is 15.2 Å². The maximum atomic E-state index is 5.90. The molecule has 0 saturated heterocycles. The first kappa shape index (κ1) is 14.4. The number of aryl methyl sites for hydroxylation is 1. The van der Waals surface area contributed by atoms with Crippen LogP contribution >= 0.6 is 0 Å². The van der Waals surface area contributed by atoms with Crippen molar-refractivity contribution in [3.63, 3.8) is 0 Å². The molecule has 0 aliphatic heterocycles. The number of hydrogen-bond donors (Lipinski definition) is 1. The Bertz CT molecular complexity index is 527. The average molecular weight is 271 g/mol. The molecule has 0 spiro atoms. The van der Waals surface area contributed by atoms with E-state index in [9.17, 15) is 0 Å². The van der Waals surface area contributed by atoms with Gasteiger partial charge in [0, 0.05) is 12.1 Å². The average Bonchev–Trinajstić information content (AvgIpc) is 2.52. The molecule has 0 saturated carbocycles. The van der Waals surface area contributed by atoms with Crippen LogP contribution in [0.4, 0.5) is 0 Å². The zero-order valence-electron chi connectivity index (χ0n) is 12.1. The van der Waals surface area contributed by atoms with Gasteiger partial charge in [-0.1, -0.05) is 43.3 Å². The van der Waals surface area contributed by atoms with Crippen LogP contribution in [-0.2, 0) is 19.6 Å². The van der Waals surface area contributed by atoms with Gasteiger partial charge >= 0.3 is 0 Å². The van der Waals surface area contributed by atoms with Crippen molar-refractivity contribution in [2.24, 2.45) is 5.73 Å². The predicted molar refractivity (Wildman–Crippen MR) is 81.0 cm³/mol. The first-order chi connectivity index (χ1) is 9.78. The SMILES string of the molecule is CCc1ccc(COc2c(CN)cccc2OC)cc1. The highest BCUT2D eigenvalue weighted by atomic mass is 16.5. The van der Waals surface area contributed by atoms with Gasteiger partial charge in [-0.15, -0.1) is 0 Å². The smallest absolute Gasteiger partial charge is 0.166 e. The Morgan fingerprint density at radius 3 is 2.30 bits per heavy atom. The van der Waals surface area contributed by atoms with Crippen molar-refractivity contribution in [2.75, 3.05) is 7.11 Å². The molecule has 0 fully saturated rings. The van der Waals surface area contributed by atoms with Gasteiger partial charge in [0.2, 0.25) is 0 Å². The lowest BCUT2D eigenvalue weighted by atomic mass is 10.1. The first-order valence-electron chi connectivity index (χ1n) is 6.85. The first-order valence-corrected chi connectivity index (χ1v) is 6.85. The van der Waals surface area contributed by atoms with E-state index in [0.717, 1.165) is 29.0 Å². The van der Waals surface area contributed by atoms with Crippen LogP contribution in [0.1, 0.15) is 23.6 Å². The third kappa shape index (κ3) is 3.31. The highest BCUT2D eigenvalue weighted by molar-refractivity contribution is 5.46. The lowest BCUT2D eigenvalue weighted by Crippen LogP contribution is -2.04. The summed E-state index contributed by atoms with van der Waals surface area (Å²) in [6.45, 7) is 3.09. The Labute approximate surface area is 120 Å². The van der Waals surface area contributed by atoms with E-state index in [2.05, 4.69) is 31.2 Å². The van der Waals surface area contributed by atoms with Crippen molar-refractivity contribution in [2.45, 2.75) is 26.5 Å². The molecular weight excluding hydrogens is 250 g/mol. The minimum Gasteiger partial charge on any atom is -0.493 e. The summed E-state index contributed by atoms with van der Waals surface area (Å²) in [6, 6.07) is 14.2. The zero-order chi connectivity index (χ0) is 14.4. The van der Waals surface area contributed by atoms with E-state index >= 15 is 0 Å². The standard InChI is InChI=1S/C17H21NO2/c1-3-13-7-9-14(10-8-13)12-20-17-15(11-18)5-4-6-16(17)19-2/h4-10H,3,11-12,18H2,1-2H3. The van der Waals surface area contributed by atoms with Gasteiger partial charge in [-0.05, 0) is 23.6 Å². The molecule has 0 radical (unpaired) electrons. The van der Waals surface area contributed by atoms with Crippen molar-refractivity contribution in [1.82, 2.24) is 0 Å². The van der Waals surface area contributed by atoms with E-state index in [1.54, 1.807) is 7.11 Å². The summed E-state index contributed by atoms with van der Waals surface area (Å²) in [6.07, 6.45) is 1.05. The highest BCUT2D eigenvalue weighted by Crippen LogP contribution is 2.31. The van der Waals surface area contributed by atoms with Gasteiger partial charge in [0.1, 0.15) is 6.61 Å². The van der Waals surface area contributed by atoms with Crippen LogP contribution in [0.5, 0.6) is 11.5 Å². The molecular formula is C17H21NO2. The molecule has 106 valence electrons. The van der Waals surface area contributed by atoms with Gasteiger partial charge in [-0.2, -0.15) is 0 Å². The Balaban J connectivity index is 2.13. The van der Waals surface area contributed by atoms with E-state index in [1.165, 1.54) is 5.56 Å². The molecule has 3 heteroatoms. The Hall–Kier alpha value is -2.00. The molecule has 2 N–H and O–H groups in total. The molecule has 0 aliphatic carbocycles. The molecule has 0 aliphatic rings. The summed E-state index contributed by atoms with van der Waals surface area (Å²) in [7, 11) is 1.64. The molecule has 0 aromatic heterocycles. The zero-order valence-corrected chi connectivity index (χ0v) is 12.1. The molecule has 0 bridgehead atoms. The maximum absolute atomic E-state index is 5.90. The van der Waals surface area contributed by atoms with Crippen molar-refractivity contribution in [3.05, 3.63) is 59.2 Å². The number of ether oxygens (including phenoxy) is 2. The Kier molecular flexibility index (Phi) is 5.02. The second-order valence-electron chi connectivity index (χ2n) is 4.61. The topological polar surface area (TPSA) is 44.5 Å². The molecule has 2 aromatic rings. The van der Waals surface area contributed by atoms with Gasteiger partial charge in [0.25, 0.3) is 0 Å². The van der Waals surface area contributed by atoms with E-state index in [-0.39, 0.29) is 0 Å². The van der Waals surface area contributed by atoms with Crippen LogP contribution in [0, 0.1) is 0 Å². The second kappa shape index (κ2) is 6.96. The summed E-state index contributed by atoms with van der Waals surface area (Å²) < 4.78 is 11.2. The van der Waals surface area contributed by atoms with Gasteiger partial charge in [-0.3, -0.25) is 0 Å². The summed E-state index contributed by atoms with van der Waals surface area (Å²) >= 11 is 0. The monoisotopic (exact) mass is 271 g/mol. The normalized spacial score (nSPS) is 10.3. The summed E-state index contributed by atoms with van der Waals surface area (Å²) in [4.78, 5) is 0. The highest BCUT2D eigenvalue weighted by Gasteiger charge is 2.09. The summed E-state index contributed by atoms with van der Waals surface area (Å²) in [5.74, 6) is 1.45. The van der Waals surface area contributed by atoms with Gasteiger partial charge in [0.05, 0.1) is 7.11 Å². The fraction of sp³-hybridized carbons (Fsp3) is 0.294. The number of rotatable bonds is 6. The summed E-state index contributed by atoms with van der Waals surface area (Å²) in [5.41, 5.74) is 9.16. The van der Waals surface area contributed by atoms with Crippen LogP contribution in [0.2, 0.25) is 0 Å². The lowest BCUT2D eigenvalue weighted by molar-refractivity contribution is 0.281. The third-order valence-corrected chi connectivity index (χ3v) is 3.31. The van der Waals surface area contributed by atoms with E-state index in [1.807, 2.05) is 18.2 Å². The lowest BCUT2D eigenvalue weighted by Gasteiger charge is -2.14. The molecule has 20 heavy (non-hydrogen) atoms. The molecule has 3 nitrogen and oxygen atoms in total. The fourth-order valence-electron chi connectivity index (χ4n) is 2.07. The minimum absolute atomic E-state index is 0.432. The van der Waals surface area contributed by atoms with E-state index in [4.69, 9.17) is 15.2 Å². The van der Waals surface area contributed by atoms with Crippen molar-refractivity contribution < 1.29 is 9.47 Å². The maximum Gasteiger partial charge on any atom is 0.166 e. The number of methoxy groups -OCH3 is 1. The molecule has 2 rings (SSSR count). The number of benzene rings is 2. The van der Waals surface area contributed by atoms with Crippen molar-refractivity contribution >= 4 is 0 Å². The molecule has 0 heterocycles. The number of nitrogens with two attached hydrogens (primary N) is 1. The quantitative estimate of drug-likeness (QED) is 0.876. The van der Waals surface area contributed by atoms with Crippen molar-refractivity contribution in [1.29, 1.82) is 0 Å². The van der Waals surface area contributed by atoms with Crippen LogP contribution in [-0.4, -0.2) is 7.11 Å². The number of hydrogen-bond acceptors (Lipinski definition) is 3. The van der Waals surface area contributed by atoms with E-state index in [0.29, 0.717) is 13.2 Å². The van der Waals surface area contributed by atoms with Crippen molar-refractivity contribution in [3.8, 4) is 11.5 Å². The summed E-state index contributed by atoms with van der Waals surface area (Å²) in [5, 5.41) is 0. The van der Waals surface area contributed by atoms with Crippen LogP contribution in [0.25, 0.3) is 0 Å². The Morgan fingerprint density at radius 2 is 1.70 bits per heavy atom. The number of para-hydroxylation sites is 1. The van der Waals surface area contributed by atoms with Crippen LogP contribution in [0.15, 0.2) is 42.5 Å². The molecule has 0 unspecified atom stereocenters. The van der Waals surface area contributed by atoms with Gasteiger partial charge < -0.3 is 15.2 Å². The predicted octanol–water partition coefficient (Wildman–Crippen LogP) is 3.30. The minimum atomic E-state index is 0.432. The Morgan fingerprint density at radius 1 is 1.00 bits per heavy atom. The molecule has 0 amide bonds. The molecule has 0 atom stereocenters. The fourth-order valence-corrected chi connectivity index (χ4v) is 2.07. The second-order valence-corrected chi connectivity index (χ2v) is 4.61.